The molecule has 3 aromatic rings. The minimum Gasteiger partial charge on any atom is -0.493 e. The summed E-state index contributed by atoms with van der Waals surface area (Å²) in [6, 6.07) is 28.6. The first kappa shape index (κ1) is 22.4. The summed E-state index contributed by atoms with van der Waals surface area (Å²) in [7, 11) is 0. The van der Waals surface area contributed by atoms with Crippen LogP contribution >= 0.6 is 0 Å². The molecule has 1 saturated heterocycles. The average Bonchev–Trinajstić information content (AvgIpc) is 3.60. The van der Waals surface area contributed by atoms with Crippen molar-refractivity contribution in [3.63, 3.8) is 0 Å². The van der Waals surface area contributed by atoms with Gasteiger partial charge in [-0.1, -0.05) is 72.8 Å². The van der Waals surface area contributed by atoms with Crippen LogP contribution < -0.4 is 4.74 Å². The number of rotatable bonds is 7. The topological polar surface area (TPSA) is 34.1 Å². The second-order valence-corrected chi connectivity index (χ2v) is 10.0. The first-order valence-electron chi connectivity index (χ1n) is 13.1. The largest absolute Gasteiger partial charge is 0.493 e. The van der Waals surface area contributed by atoms with Crippen LogP contribution in [0, 0.1) is 5.92 Å². The van der Waals surface area contributed by atoms with Crippen molar-refractivity contribution in [1.82, 2.24) is 4.90 Å². The van der Waals surface area contributed by atoms with Crippen molar-refractivity contribution in [1.29, 1.82) is 0 Å². The summed E-state index contributed by atoms with van der Waals surface area (Å²) in [6.07, 6.45) is 4.23. The SMILES string of the molecule is c1ccc(C(C2=NCCCO2)(c2ccccc2)[C@@H]2CCN(CCc3ccc4c(c3)CCO4)C2)cc1. The molecule has 35 heavy (non-hydrogen) atoms. The summed E-state index contributed by atoms with van der Waals surface area (Å²) in [6.45, 7) is 5.63. The Morgan fingerprint density at radius 3 is 2.37 bits per heavy atom. The lowest BCUT2D eigenvalue weighted by Gasteiger charge is -2.41. The van der Waals surface area contributed by atoms with Gasteiger partial charge in [0.15, 0.2) is 5.90 Å². The quantitative estimate of drug-likeness (QED) is 0.474. The molecule has 3 aliphatic rings. The van der Waals surface area contributed by atoms with Gasteiger partial charge in [-0.15, -0.1) is 0 Å². The van der Waals surface area contributed by atoms with Gasteiger partial charge in [0, 0.05) is 32.5 Å². The molecule has 180 valence electrons. The minimum absolute atomic E-state index is 0.359. The van der Waals surface area contributed by atoms with E-state index in [-0.39, 0.29) is 5.41 Å². The van der Waals surface area contributed by atoms with E-state index in [1.807, 2.05) is 0 Å². The molecule has 4 heteroatoms. The number of aliphatic imine (C=N–C) groups is 1. The Hall–Kier alpha value is -3.11. The summed E-state index contributed by atoms with van der Waals surface area (Å²) in [5.41, 5.74) is 4.99. The third kappa shape index (κ3) is 4.25. The van der Waals surface area contributed by atoms with Gasteiger partial charge in [0.1, 0.15) is 5.75 Å². The molecule has 1 fully saturated rings. The van der Waals surface area contributed by atoms with Gasteiger partial charge in [0.25, 0.3) is 0 Å². The third-order valence-electron chi connectivity index (χ3n) is 7.95. The van der Waals surface area contributed by atoms with Gasteiger partial charge in [-0.25, -0.2) is 0 Å². The number of likely N-dealkylation sites (tertiary alicyclic amines) is 1. The predicted octanol–water partition coefficient (Wildman–Crippen LogP) is 5.29. The van der Waals surface area contributed by atoms with Crippen LogP contribution in [-0.2, 0) is 23.0 Å². The van der Waals surface area contributed by atoms with Crippen molar-refractivity contribution in [2.75, 3.05) is 39.4 Å². The van der Waals surface area contributed by atoms with Crippen LogP contribution in [0.3, 0.4) is 0 Å². The van der Waals surface area contributed by atoms with E-state index in [9.17, 15) is 0 Å². The number of nitrogens with zero attached hydrogens (tertiary/aromatic N) is 2. The van der Waals surface area contributed by atoms with Crippen LogP contribution in [0.5, 0.6) is 5.75 Å². The van der Waals surface area contributed by atoms with E-state index in [1.54, 1.807) is 0 Å². The maximum absolute atomic E-state index is 6.39. The molecule has 3 heterocycles. The lowest BCUT2D eigenvalue weighted by molar-refractivity contribution is 0.231. The standard InChI is InChI=1S/C31H34N2O2/c1-3-8-26(9-4-1)31(27-10-5-2-6-11-27,30-32-17-7-20-35-30)28-15-19-33(23-28)18-14-24-12-13-29-25(22-24)16-21-34-29/h1-6,8-13,22,28H,7,14-21,23H2/t28-/m1/s1. The summed E-state index contributed by atoms with van der Waals surface area (Å²) < 4.78 is 12.1. The fraction of sp³-hybridized carbons (Fsp3) is 0.387. The van der Waals surface area contributed by atoms with Gasteiger partial charge in [0.2, 0.25) is 0 Å². The van der Waals surface area contributed by atoms with Crippen LogP contribution in [-0.4, -0.2) is 50.2 Å². The van der Waals surface area contributed by atoms with E-state index in [0.717, 1.165) is 76.7 Å². The molecule has 3 aromatic carbocycles. The maximum atomic E-state index is 6.39. The molecule has 1 atom stereocenters. The first-order chi connectivity index (χ1) is 17.3. The molecule has 0 amide bonds. The third-order valence-corrected chi connectivity index (χ3v) is 7.95. The van der Waals surface area contributed by atoms with E-state index in [1.165, 1.54) is 22.3 Å². The zero-order valence-electron chi connectivity index (χ0n) is 20.4. The molecule has 0 bridgehead atoms. The molecule has 6 rings (SSSR count). The van der Waals surface area contributed by atoms with Crippen molar-refractivity contribution in [3.05, 3.63) is 101 Å². The number of hydrogen-bond donors (Lipinski definition) is 0. The summed E-state index contributed by atoms with van der Waals surface area (Å²) in [5, 5.41) is 0. The number of benzene rings is 3. The van der Waals surface area contributed by atoms with E-state index in [0.29, 0.717) is 5.92 Å². The number of ether oxygens (including phenoxy) is 2. The molecule has 0 N–H and O–H groups in total. The molecule has 0 aliphatic carbocycles. The molecule has 0 saturated carbocycles. The molecule has 4 nitrogen and oxygen atoms in total. The Morgan fingerprint density at radius 2 is 1.66 bits per heavy atom. The molecule has 0 radical (unpaired) electrons. The second kappa shape index (κ2) is 9.87. The highest BCUT2D eigenvalue weighted by Gasteiger charge is 2.50. The Labute approximate surface area is 208 Å². The molecule has 0 unspecified atom stereocenters. The molecule has 0 aromatic heterocycles. The van der Waals surface area contributed by atoms with Gasteiger partial charge >= 0.3 is 0 Å². The second-order valence-electron chi connectivity index (χ2n) is 10.0. The Bertz CT molecular complexity index is 1140. The number of fused-ring (bicyclic) bond motifs is 1. The molecule has 0 spiro atoms. The van der Waals surface area contributed by atoms with Crippen LogP contribution in [0.25, 0.3) is 0 Å². The smallest absolute Gasteiger partial charge is 0.199 e. The van der Waals surface area contributed by atoms with Gasteiger partial charge in [-0.2, -0.15) is 0 Å². The lowest BCUT2D eigenvalue weighted by Crippen LogP contribution is -2.47. The van der Waals surface area contributed by atoms with Crippen molar-refractivity contribution < 1.29 is 9.47 Å². The Kier molecular flexibility index (Phi) is 6.30. The first-order valence-corrected chi connectivity index (χ1v) is 13.1. The fourth-order valence-electron chi connectivity index (χ4n) is 6.23. The van der Waals surface area contributed by atoms with Gasteiger partial charge in [-0.05, 0) is 53.6 Å². The van der Waals surface area contributed by atoms with Crippen LogP contribution in [0.15, 0.2) is 83.9 Å². The van der Waals surface area contributed by atoms with Crippen LogP contribution in [0.2, 0.25) is 0 Å². The highest BCUT2D eigenvalue weighted by atomic mass is 16.5. The van der Waals surface area contributed by atoms with Gasteiger partial charge in [0.05, 0.1) is 18.6 Å². The highest BCUT2D eigenvalue weighted by Crippen LogP contribution is 2.45. The van der Waals surface area contributed by atoms with Gasteiger partial charge < -0.3 is 14.4 Å². The van der Waals surface area contributed by atoms with E-state index in [2.05, 4.69) is 83.8 Å². The zero-order valence-corrected chi connectivity index (χ0v) is 20.4. The highest BCUT2D eigenvalue weighted by molar-refractivity contribution is 5.93. The fourth-order valence-corrected chi connectivity index (χ4v) is 6.23. The molecular weight excluding hydrogens is 432 g/mol. The Morgan fingerprint density at radius 1 is 0.886 bits per heavy atom. The van der Waals surface area contributed by atoms with E-state index in [4.69, 9.17) is 14.5 Å². The van der Waals surface area contributed by atoms with E-state index < -0.39 is 0 Å². The maximum Gasteiger partial charge on any atom is 0.199 e. The summed E-state index contributed by atoms with van der Waals surface area (Å²) in [4.78, 5) is 7.65. The van der Waals surface area contributed by atoms with Crippen LogP contribution in [0.1, 0.15) is 35.1 Å². The van der Waals surface area contributed by atoms with Crippen molar-refractivity contribution in [3.8, 4) is 5.75 Å². The predicted molar refractivity (Wildman–Crippen MR) is 140 cm³/mol. The normalized spacial score (nSPS) is 20.1. The van der Waals surface area contributed by atoms with Crippen molar-refractivity contribution >= 4 is 5.90 Å². The summed E-state index contributed by atoms with van der Waals surface area (Å²) >= 11 is 0. The molecular formula is C31H34N2O2. The molecule has 3 aliphatic heterocycles. The average molecular weight is 467 g/mol. The monoisotopic (exact) mass is 466 g/mol. The van der Waals surface area contributed by atoms with Crippen molar-refractivity contribution in [2.24, 2.45) is 10.9 Å². The lowest BCUT2D eigenvalue weighted by atomic mass is 9.64. The minimum atomic E-state index is -0.359. The van der Waals surface area contributed by atoms with Crippen LogP contribution in [0.4, 0.5) is 0 Å². The van der Waals surface area contributed by atoms with E-state index >= 15 is 0 Å². The zero-order chi connectivity index (χ0) is 23.5. The number of hydrogen-bond acceptors (Lipinski definition) is 4. The van der Waals surface area contributed by atoms with Crippen molar-refractivity contribution in [2.45, 2.75) is 31.1 Å². The Balaban J connectivity index is 1.30. The summed E-state index contributed by atoms with van der Waals surface area (Å²) in [5.74, 6) is 2.38. The van der Waals surface area contributed by atoms with Gasteiger partial charge in [-0.3, -0.25) is 4.99 Å².